The Morgan fingerprint density at radius 2 is 2.40 bits per heavy atom. The molecule has 15 heavy (non-hydrogen) atoms. The van der Waals surface area contributed by atoms with E-state index in [1.807, 2.05) is 6.07 Å². The van der Waals surface area contributed by atoms with Gasteiger partial charge < -0.3 is 4.74 Å². The molecule has 0 aromatic carbocycles. The molecule has 0 radical (unpaired) electrons. The highest BCUT2D eigenvalue weighted by molar-refractivity contribution is 9.10. The molecule has 0 spiro atoms. The molecule has 0 saturated carbocycles. The number of ether oxygens (including phenoxy) is 1. The molecule has 0 N–H and O–H groups in total. The van der Waals surface area contributed by atoms with E-state index in [-0.39, 0.29) is 0 Å². The summed E-state index contributed by atoms with van der Waals surface area (Å²) in [5, 5.41) is 4.27. The van der Waals surface area contributed by atoms with Gasteiger partial charge in [-0.1, -0.05) is 13.3 Å². The molecule has 0 atom stereocenters. The Bertz CT molecular complexity index is 455. The molecular formula is C10H12BrN3O. The van der Waals surface area contributed by atoms with Gasteiger partial charge in [0, 0.05) is 18.5 Å². The van der Waals surface area contributed by atoms with Crippen molar-refractivity contribution in [3.63, 3.8) is 0 Å². The third kappa shape index (κ3) is 2.28. The first kappa shape index (κ1) is 10.4. The number of fused-ring (bicyclic) bond motifs is 1. The summed E-state index contributed by atoms with van der Waals surface area (Å²) in [5.41, 5.74) is 0.804. The smallest absolute Gasteiger partial charge is 0.232 e. The summed E-state index contributed by atoms with van der Waals surface area (Å²) >= 11 is 3.43. The zero-order valence-electron chi connectivity index (χ0n) is 8.48. The number of rotatable bonds is 4. The van der Waals surface area contributed by atoms with Gasteiger partial charge >= 0.3 is 0 Å². The van der Waals surface area contributed by atoms with Crippen molar-refractivity contribution in [3.8, 4) is 5.88 Å². The normalized spacial score (nSPS) is 10.8. The van der Waals surface area contributed by atoms with Crippen molar-refractivity contribution in [3.05, 3.63) is 22.9 Å². The number of halogens is 1. The lowest BCUT2D eigenvalue weighted by Crippen LogP contribution is -2.01. The second-order valence-electron chi connectivity index (χ2n) is 3.23. The van der Waals surface area contributed by atoms with E-state index in [1.165, 1.54) is 0 Å². The van der Waals surface area contributed by atoms with Crippen LogP contribution in [0.5, 0.6) is 5.88 Å². The van der Waals surface area contributed by atoms with Gasteiger partial charge in [0.2, 0.25) is 5.88 Å². The van der Waals surface area contributed by atoms with Gasteiger partial charge in [-0.15, -0.1) is 5.10 Å². The Labute approximate surface area is 96.4 Å². The molecule has 0 bridgehead atoms. The van der Waals surface area contributed by atoms with Crippen molar-refractivity contribution in [1.82, 2.24) is 14.6 Å². The fourth-order valence-electron chi connectivity index (χ4n) is 1.25. The maximum Gasteiger partial charge on any atom is 0.232 e. The predicted molar refractivity (Wildman–Crippen MR) is 61.1 cm³/mol. The number of nitrogens with zero attached hydrogens (tertiary/aromatic N) is 3. The van der Waals surface area contributed by atoms with Gasteiger partial charge in [-0.2, -0.15) is 0 Å². The summed E-state index contributed by atoms with van der Waals surface area (Å²) in [6, 6.07) is 1.85. The summed E-state index contributed by atoms with van der Waals surface area (Å²) in [5.74, 6) is 0.626. The van der Waals surface area contributed by atoms with Crippen LogP contribution in [0.4, 0.5) is 0 Å². The molecule has 80 valence electrons. The van der Waals surface area contributed by atoms with Gasteiger partial charge in [-0.25, -0.2) is 9.50 Å². The molecule has 2 aromatic rings. The molecular weight excluding hydrogens is 258 g/mol. The molecule has 2 aromatic heterocycles. The summed E-state index contributed by atoms with van der Waals surface area (Å²) in [6.07, 6.45) is 5.67. The molecule has 0 unspecified atom stereocenters. The molecule has 2 heterocycles. The number of unbranched alkanes of at least 4 members (excludes halogenated alkanes) is 1. The largest absolute Gasteiger partial charge is 0.477 e. The van der Waals surface area contributed by atoms with E-state index in [2.05, 4.69) is 32.9 Å². The maximum absolute atomic E-state index is 5.52. The Hall–Kier alpha value is -1.10. The van der Waals surface area contributed by atoms with Crippen molar-refractivity contribution < 1.29 is 4.74 Å². The minimum absolute atomic E-state index is 0.626. The van der Waals surface area contributed by atoms with Crippen LogP contribution in [0, 0.1) is 0 Å². The van der Waals surface area contributed by atoms with E-state index in [0.717, 1.165) is 23.0 Å². The van der Waals surface area contributed by atoms with E-state index in [4.69, 9.17) is 4.74 Å². The first-order valence-electron chi connectivity index (χ1n) is 4.94. The monoisotopic (exact) mass is 269 g/mol. The van der Waals surface area contributed by atoms with E-state index < -0.39 is 0 Å². The van der Waals surface area contributed by atoms with E-state index in [1.54, 1.807) is 16.9 Å². The first-order valence-corrected chi connectivity index (χ1v) is 5.73. The lowest BCUT2D eigenvalue weighted by atomic mass is 10.4. The number of hydrogen-bond donors (Lipinski definition) is 0. The van der Waals surface area contributed by atoms with E-state index in [9.17, 15) is 0 Å². The minimum Gasteiger partial charge on any atom is -0.477 e. The molecule has 0 fully saturated rings. The van der Waals surface area contributed by atoms with Gasteiger partial charge in [-0.3, -0.25) is 0 Å². The van der Waals surface area contributed by atoms with Crippen molar-refractivity contribution >= 4 is 21.6 Å². The average molecular weight is 270 g/mol. The van der Waals surface area contributed by atoms with Crippen LogP contribution in [-0.4, -0.2) is 21.2 Å². The summed E-state index contributed by atoms with van der Waals surface area (Å²) in [6.45, 7) is 2.84. The second-order valence-corrected chi connectivity index (χ2v) is 4.08. The predicted octanol–water partition coefficient (Wildman–Crippen LogP) is 2.67. The van der Waals surface area contributed by atoms with Crippen LogP contribution in [0.15, 0.2) is 22.9 Å². The highest BCUT2D eigenvalue weighted by Crippen LogP contribution is 2.20. The van der Waals surface area contributed by atoms with Crippen LogP contribution in [0.2, 0.25) is 0 Å². The van der Waals surface area contributed by atoms with E-state index >= 15 is 0 Å². The summed E-state index contributed by atoms with van der Waals surface area (Å²) in [4.78, 5) is 4.15. The molecule has 0 aliphatic heterocycles. The zero-order valence-corrected chi connectivity index (χ0v) is 10.1. The zero-order chi connectivity index (χ0) is 10.7. The quantitative estimate of drug-likeness (QED) is 0.802. The van der Waals surface area contributed by atoms with Gasteiger partial charge in [-0.05, 0) is 22.4 Å². The van der Waals surface area contributed by atoms with Crippen LogP contribution in [0.1, 0.15) is 19.8 Å². The summed E-state index contributed by atoms with van der Waals surface area (Å²) < 4.78 is 8.11. The van der Waals surface area contributed by atoms with Gasteiger partial charge in [0.1, 0.15) is 0 Å². The average Bonchev–Trinajstić information content (AvgIpc) is 2.66. The van der Waals surface area contributed by atoms with Gasteiger partial charge in [0.25, 0.3) is 0 Å². The Balaban J connectivity index is 2.21. The van der Waals surface area contributed by atoms with Crippen LogP contribution < -0.4 is 4.74 Å². The lowest BCUT2D eigenvalue weighted by Gasteiger charge is -2.05. The standard InChI is InChI=1S/C10H12BrN3O/c1-2-3-6-15-9-7-8(11)10-12-4-5-14(10)13-9/h4-5,7H,2-3,6H2,1H3. The number of hydrogen-bond acceptors (Lipinski definition) is 3. The van der Waals surface area contributed by atoms with Crippen molar-refractivity contribution in [2.45, 2.75) is 19.8 Å². The molecule has 0 aliphatic rings. The number of aromatic nitrogens is 3. The molecule has 0 amide bonds. The Kier molecular flexibility index (Phi) is 3.20. The molecule has 5 heteroatoms. The fourth-order valence-corrected chi connectivity index (χ4v) is 1.73. The van der Waals surface area contributed by atoms with Crippen molar-refractivity contribution in [2.75, 3.05) is 6.61 Å². The minimum atomic E-state index is 0.626. The third-order valence-corrected chi connectivity index (χ3v) is 2.62. The SMILES string of the molecule is CCCCOc1cc(Br)c2nccn2n1. The van der Waals surface area contributed by atoms with Crippen LogP contribution >= 0.6 is 15.9 Å². The van der Waals surface area contributed by atoms with Gasteiger partial charge in [0.15, 0.2) is 5.65 Å². The first-order chi connectivity index (χ1) is 7.31. The molecule has 2 rings (SSSR count). The Morgan fingerprint density at radius 1 is 1.53 bits per heavy atom. The fraction of sp³-hybridized carbons (Fsp3) is 0.400. The topological polar surface area (TPSA) is 39.4 Å². The van der Waals surface area contributed by atoms with E-state index in [0.29, 0.717) is 12.5 Å². The highest BCUT2D eigenvalue weighted by Gasteiger charge is 2.04. The summed E-state index contributed by atoms with van der Waals surface area (Å²) in [7, 11) is 0. The van der Waals surface area contributed by atoms with Gasteiger partial charge in [0.05, 0.1) is 11.1 Å². The van der Waals surface area contributed by atoms with Crippen molar-refractivity contribution in [1.29, 1.82) is 0 Å². The Morgan fingerprint density at radius 3 is 3.20 bits per heavy atom. The molecule has 0 aliphatic carbocycles. The van der Waals surface area contributed by atoms with Crippen LogP contribution in [0.3, 0.4) is 0 Å². The number of imidazole rings is 1. The highest BCUT2D eigenvalue weighted by atomic mass is 79.9. The molecule has 4 nitrogen and oxygen atoms in total. The third-order valence-electron chi connectivity index (χ3n) is 2.04. The lowest BCUT2D eigenvalue weighted by molar-refractivity contribution is 0.293. The maximum atomic E-state index is 5.52. The van der Waals surface area contributed by atoms with Crippen LogP contribution in [0.25, 0.3) is 5.65 Å². The van der Waals surface area contributed by atoms with Crippen molar-refractivity contribution in [2.24, 2.45) is 0 Å². The van der Waals surface area contributed by atoms with Crippen LogP contribution in [-0.2, 0) is 0 Å². The second kappa shape index (κ2) is 4.61. The molecule has 0 saturated heterocycles.